The quantitative estimate of drug-likeness (QED) is 0.300. The Bertz CT molecular complexity index is 739. The average Bonchev–Trinajstić information content (AvgIpc) is 3.09. The van der Waals surface area contributed by atoms with Crippen LogP contribution in [0.1, 0.15) is 49.4 Å². The summed E-state index contributed by atoms with van der Waals surface area (Å²) in [6.45, 7) is 8.10. The fourth-order valence-electron chi connectivity index (χ4n) is 3.09. The van der Waals surface area contributed by atoms with E-state index in [1.54, 1.807) is 0 Å². The van der Waals surface area contributed by atoms with Gasteiger partial charge in [0.05, 0.1) is 18.3 Å². The van der Waals surface area contributed by atoms with E-state index in [2.05, 4.69) is 34.5 Å². The van der Waals surface area contributed by atoms with Gasteiger partial charge < -0.3 is 20.1 Å². The Hall–Kier alpha value is -1.68. The number of hydrogen-bond acceptors (Lipinski definition) is 4. The average molecular weight is 517 g/mol. The van der Waals surface area contributed by atoms with Crippen LogP contribution in [0.15, 0.2) is 33.8 Å². The Morgan fingerprint density at radius 1 is 1.14 bits per heavy atom. The highest BCUT2D eigenvalue weighted by Gasteiger charge is 2.16. The van der Waals surface area contributed by atoms with E-state index in [-0.39, 0.29) is 35.8 Å². The lowest BCUT2D eigenvalue weighted by atomic mass is 10.1. The summed E-state index contributed by atoms with van der Waals surface area (Å²) >= 11 is 0. The molecule has 162 valence electrons. The number of benzene rings is 1. The molecule has 1 unspecified atom stereocenters. The highest BCUT2D eigenvalue weighted by molar-refractivity contribution is 14.0. The van der Waals surface area contributed by atoms with Crippen LogP contribution in [-0.4, -0.2) is 43.2 Å². The van der Waals surface area contributed by atoms with E-state index in [0.29, 0.717) is 13.1 Å². The second-order valence-corrected chi connectivity index (χ2v) is 6.85. The third-order valence-corrected chi connectivity index (χ3v) is 4.69. The van der Waals surface area contributed by atoms with E-state index < -0.39 is 0 Å². The summed E-state index contributed by atoms with van der Waals surface area (Å²) in [5, 5.41) is 10.8. The topological polar surface area (TPSA) is 65.7 Å². The van der Waals surface area contributed by atoms with Gasteiger partial charge in [0.2, 0.25) is 0 Å². The van der Waals surface area contributed by atoms with Gasteiger partial charge in [-0.2, -0.15) is 0 Å². The number of guanidine groups is 1. The normalized spacial score (nSPS) is 12.6. The fraction of sp³-hybridized carbons (Fsp3) is 0.524. The molecular formula is C21H33FIN5O. The molecule has 2 rings (SSSR count). The molecule has 0 aliphatic heterocycles. The van der Waals surface area contributed by atoms with Crippen LogP contribution < -0.4 is 10.6 Å². The minimum absolute atomic E-state index is 0. The number of likely N-dealkylation sites (N-methyl/N-ethyl adjacent to an activating group) is 1. The summed E-state index contributed by atoms with van der Waals surface area (Å²) < 4.78 is 18.7. The summed E-state index contributed by atoms with van der Waals surface area (Å²) in [6.07, 6.45) is 1.63. The van der Waals surface area contributed by atoms with Crippen LogP contribution in [0, 0.1) is 5.82 Å². The van der Waals surface area contributed by atoms with Gasteiger partial charge in [0.15, 0.2) is 5.96 Å². The monoisotopic (exact) mass is 517 g/mol. The van der Waals surface area contributed by atoms with Gasteiger partial charge in [-0.3, -0.25) is 0 Å². The molecule has 6 nitrogen and oxygen atoms in total. The zero-order valence-electron chi connectivity index (χ0n) is 18.0. The number of nitrogens with zero attached hydrogens (tertiary/aromatic N) is 3. The molecule has 1 atom stereocenters. The summed E-state index contributed by atoms with van der Waals surface area (Å²) in [5.41, 5.74) is 3.09. The standard InChI is InChI=1S/C21H32FN5O.HI/c1-6-18-17(20(7-2)28-26-18)13-24-21(23-8-3)25-14-19(27(4)5)15-9-11-16(22)12-10-15;/h9-12,19H,6-8,13-14H2,1-5H3,(H2,23,24,25);1H. The third-order valence-electron chi connectivity index (χ3n) is 4.69. The Morgan fingerprint density at radius 2 is 1.83 bits per heavy atom. The number of rotatable bonds is 9. The molecule has 0 fully saturated rings. The second-order valence-electron chi connectivity index (χ2n) is 6.85. The van der Waals surface area contributed by atoms with Crippen molar-refractivity contribution in [2.24, 2.45) is 4.99 Å². The Morgan fingerprint density at radius 3 is 2.38 bits per heavy atom. The van der Waals surface area contributed by atoms with Crippen LogP contribution >= 0.6 is 24.0 Å². The van der Waals surface area contributed by atoms with Crippen molar-refractivity contribution in [1.82, 2.24) is 20.7 Å². The van der Waals surface area contributed by atoms with Crippen molar-refractivity contribution in [2.45, 2.75) is 46.2 Å². The summed E-state index contributed by atoms with van der Waals surface area (Å²) in [7, 11) is 4.02. The SMILES string of the molecule is CCNC(=NCc1c(CC)noc1CC)NCC(c1ccc(F)cc1)N(C)C.I. The van der Waals surface area contributed by atoms with Gasteiger partial charge in [0, 0.05) is 25.1 Å². The lowest BCUT2D eigenvalue weighted by molar-refractivity contribution is 0.298. The van der Waals surface area contributed by atoms with Crippen molar-refractivity contribution in [3.63, 3.8) is 0 Å². The zero-order valence-corrected chi connectivity index (χ0v) is 20.3. The molecule has 1 heterocycles. The van der Waals surface area contributed by atoms with Crippen LogP contribution in [0.25, 0.3) is 0 Å². The maximum absolute atomic E-state index is 13.3. The molecule has 0 aliphatic carbocycles. The molecule has 0 amide bonds. The van der Waals surface area contributed by atoms with E-state index in [0.717, 1.165) is 47.9 Å². The molecule has 2 aromatic rings. The Balaban J connectivity index is 0.00000420. The largest absolute Gasteiger partial charge is 0.361 e. The smallest absolute Gasteiger partial charge is 0.191 e. The van der Waals surface area contributed by atoms with Gasteiger partial charge in [0.1, 0.15) is 11.6 Å². The summed E-state index contributed by atoms with van der Waals surface area (Å²) in [5.74, 6) is 1.41. The predicted molar refractivity (Wildman–Crippen MR) is 126 cm³/mol. The van der Waals surface area contributed by atoms with E-state index >= 15 is 0 Å². The molecule has 0 spiro atoms. The molecule has 8 heteroatoms. The minimum atomic E-state index is -0.226. The molecule has 1 aromatic carbocycles. The molecule has 0 aliphatic rings. The van der Waals surface area contributed by atoms with Gasteiger partial charge in [0.25, 0.3) is 0 Å². The number of hydrogen-bond donors (Lipinski definition) is 2. The molecule has 1 aromatic heterocycles. The van der Waals surface area contributed by atoms with Gasteiger partial charge in [-0.25, -0.2) is 9.38 Å². The maximum atomic E-state index is 13.3. The summed E-state index contributed by atoms with van der Waals surface area (Å²) in [6, 6.07) is 6.73. The lowest BCUT2D eigenvalue weighted by Crippen LogP contribution is -2.41. The van der Waals surface area contributed by atoms with Crippen molar-refractivity contribution >= 4 is 29.9 Å². The third kappa shape index (κ3) is 7.26. The first kappa shape index (κ1) is 25.4. The van der Waals surface area contributed by atoms with Crippen LogP contribution in [0.5, 0.6) is 0 Å². The minimum Gasteiger partial charge on any atom is -0.361 e. The van der Waals surface area contributed by atoms with Crippen molar-refractivity contribution < 1.29 is 8.91 Å². The number of nitrogens with one attached hydrogen (secondary N) is 2. The first-order valence-electron chi connectivity index (χ1n) is 9.90. The van der Waals surface area contributed by atoms with Crippen molar-refractivity contribution in [3.8, 4) is 0 Å². The Kier molecular flexibility index (Phi) is 11.2. The summed E-state index contributed by atoms with van der Waals surface area (Å²) in [4.78, 5) is 6.83. The molecule has 0 saturated heterocycles. The van der Waals surface area contributed by atoms with Crippen LogP contribution in [0.3, 0.4) is 0 Å². The molecule has 0 bridgehead atoms. The lowest BCUT2D eigenvalue weighted by Gasteiger charge is -2.26. The number of aliphatic imine (C=N–C) groups is 1. The molecule has 2 N–H and O–H groups in total. The highest BCUT2D eigenvalue weighted by atomic mass is 127. The van der Waals surface area contributed by atoms with Gasteiger partial charge in [-0.1, -0.05) is 31.1 Å². The number of aromatic nitrogens is 1. The van der Waals surface area contributed by atoms with E-state index in [1.165, 1.54) is 12.1 Å². The second kappa shape index (κ2) is 12.8. The van der Waals surface area contributed by atoms with Gasteiger partial charge >= 0.3 is 0 Å². The first-order chi connectivity index (χ1) is 13.5. The van der Waals surface area contributed by atoms with Gasteiger partial charge in [-0.15, -0.1) is 24.0 Å². The van der Waals surface area contributed by atoms with Crippen molar-refractivity contribution in [3.05, 3.63) is 52.7 Å². The fourth-order valence-corrected chi connectivity index (χ4v) is 3.09. The van der Waals surface area contributed by atoms with E-state index in [1.807, 2.05) is 33.2 Å². The van der Waals surface area contributed by atoms with Gasteiger partial charge in [-0.05, 0) is 45.1 Å². The molecule has 29 heavy (non-hydrogen) atoms. The van der Waals surface area contributed by atoms with Crippen LogP contribution in [0.4, 0.5) is 4.39 Å². The highest BCUT2D eigenvalue weighted by Crippen LogP contribution is 2.18. The van der Waals surface area contributed by atoms with Crippen LogP contribution in [0.2, 0.25) is 0 Å². The Labute approximate surface area is 190 Å². The van der Waals surface area contributed by atoms with E-state index in [9.17, 15) is 4.39 Å². The molecular weight excluding hydrogens is 484 g/mol. The van der Waals surface area contributed by atoms with Crippen LogP contribution in [-0.2, 0) is 19.4 Å². The number of halogens is 2. The van der Waals surface area contributed by atoms with Crippen molar-refractivity contribution in [2.75, 3.05) is 27.2 Å². The zero-order chi connectivity index (χ0) is 20.5. The molecule has 0 saturated carbocycles. The number of aryl methyl sites for hydroxylation is 2. The molecule has 0 radical (unpaired) electrons. The first-order valence-corrected chi connectivity index (χ1v) is 9.90. The van der Waals surface area contributed by atoms with Crippen molar-refractivity contribution in [1.29, 1.82) is 0 Å². The van der Waals surface area contributed by atoms with E-state index in [4.69, 9.17) is 9.52 Å². The predicted octanol–water partition coefficient (Wildman–Crippen LogP) is 3.91. The maximum Gasteiger partial charge on any atom is 0.191 e.